The van der Waals surface area contributed by atoms with Crippen molar-refractivity contribution in [2.75, 3.05) is 13.3 Å². The van der Waals surface area contributed by atoms with Crippen molar-refractivity contribution >= 4 is 16.7 Å². The summed E-state index contributed by atoms with van der Waals surface area (Å²) in [6, 6.07) is 12.7. The molecule has 0 atom stereocenters. The van der Waals surface area contributed by atoms with Gasteiger partial charge in [-0.3, -0.25) is 9.59 Å². The van der Waals surface area contributed by atoms with Gasteiger partial charge in [0.2, 0.25) is 6.79 Å². The summed E-state index contributed by atoms with van der Waals surface area (Å²) in [4.78, 5) is 25.8. The fraction of sp³-hybridized carbons (Fsp3) is 0.348. The minimum absolute atomic E-state index is 0.154. The van der Waals surface area contributed by atoms with E-state index in [1.165, 1.54) is 4.68 Å². The van der Waals surface area contributed by atoms with Gasteiger partial charge in [-0.25, -0.2) is 4.68 Å². The fourth-order valence-corrected chi connectivity index (χ4v) is 3.53. The van der Waals surface area contributed by atoms with Crippen LogP contribution < -0.4 is 20.3 Å². The zero-order valence-corrected chi connectivity index (χ0v) is 17.6. The Morgan fingerprint density at radius 2 is 1.83 bits per heavy atom. The Bertz CT molecular complexity index is 1180. The quantitative estimate of drug-likeness (QED) is 0.701. The number of carbonyl (C=O) groups is 1. The third-order valence-corrected chi connectivity index (χ3v) is 5.38. The standard InChI is InChI=1S/C23H25N3O4/c1-14(2)26-22(28)17-8-6-5-7-16(17)20(25-26)21(27)24-12-23(3,4)15-9-10-18-19(11-15)30-13-29-18/h5-11,14H,12-13H2,1-4H3,(H,24,27). The molecule has 7 nitrogen and oxygen atoms in total. The number of benzene rings is 2. The molecule has 0 saturated heterocycles. The molecular weight excluding hydrogens is 382 g/mol. The molecule has 156 valence electrons. The molecule has 4 rings (SSSR count). The minimum Gasteiger partial charge on any atom is -0.454 e. The lowest BCUT2D eigenvalue weighted by Gasteiger charge is -2.26. The second-order valence-electron chi connectivity index (χ2n) is 8.37. The molecule has 0 unspecified atom stereocenters. The number of aromatic nitrogens is 2. The molecule has 1 N–H and O–H groups in total. The molecule has 1 aliphatic heterocycles. The number of amides is 1. The Morgan fingerprint density at radius 3 is 2.57 bits per heavy atom. The van der Waals surface area contributed by atoms with Gasteiger partial charge in [0.25, 0.3) is 11.5 Å². The van der Waals surface area contributed by atoms with Crippen LogP contribution in [0.4, 0.5) is 0 Å². The maximum atomic E-state index is 13.1. The van der Waals surface area contributed by atoms with Crippen molar-refractivity contribution in [3.8, 4) is 11.5 Å². The van der Waals surface area contributed by atoms with Crippen LogP contribution in [0.1, 0.15) is 49.8 Å². The van der Waals surface area contributed by atoms with Gasteiger partial charge in [-0.2, -0.15) is 5.10 Å². The van der Waals surface area contributed by atoms with Gasteiger partial charge in [-0.1, -0.05) is 38.1 Å². The summed E-state index contributed by atoms with van der Waals surface area (Å²) < 4.78 is 12.2. The van der Waals surface area contributed by atoms with Gasteiger partial charge < -0.3 is 14.8 Å². The minimum atomic E-state index is -0.348. The summed E-state index contributed by atoms with van der Waals surface area (Å²) in [5.41, 5.74) is 0.731. The number of hydrogen-bond donors (Lipinski definition) is 1. The Kier molecular flexibility index (Phi) is 4.97. The van der Waals surface area contributed by atoms with Crippen LogP contribution in [0, 0.1) is 0 Å². The predicted molar refractivity (Wildman–Crippen MR) is 114 cm³/mol. The molecule has 0 fully saturated rings. The van der Waals surface area contributed by atoms with Crippen molar-refractivity contribution in [3.05, 3.63) is 64.1 Å². The van der Waals surface area contributed by atoms with Crippen LogP contribution in [0.5, 0.6) is 11.5 Å². The molecule has 1 amide bonds. The lowest BCUT2D eigenvalue weighted by molar-refractivity contribution is 0.0940. The molecule has 0 aliphatic carbocycles. The highest BCUT2D eigenvalue weighted by molar-refractivity contribution is 6.04. The maximum absolute atomic E-state index is 13.1. The van der Waals surface area contributed by atoms with Gasteiger partial charge in [0.15, 0.2) is 17.2 Å². The van der Waals surface area contributed by atoms with Crippen molar-refractivity contribution in [1.82, 2.24) is 15.1 Å². The van der Waals surface area contributed by atoms with E-state index >= 15 is 0 Å². The first kappa shape index (κ1) is 19.9. The summed E-state index contributed by atoms with van der Waals surface area (Å²) in [7, 11) is 0. The first-order valence-corrected chi connectivity index (χ1v) is 9.98. The van der Waals surface area contributed by atoms with E-state index in [4.69, 9.17) is 9.47 Å². The monoisotopic (exact) mass is 407 g/mol. The van der Waals surface area contributed by atoms with E-state index in [0.29, 0.717) is 23.1 Å². The average molecular weight is 407 g/mol. The number of nitrogens with one attached hydrogen (secondary N) is 1. The third kappa shape index (κ3) is 3.51. The van der Waals surface area contributed by atoms with E-state index in [2.05, 4.69) is 10.4 Å². The van der Waals surface area contributed by atoms with Crippen LogP contribution in [0.25, 0.3) is 10.8 Å². The summed E-state index contributed by atoms with van der Waals surface area (Å²) in [6.07, 6.45) is 0. The molecule has 0 saturated carbocycles. The molecule has 2 heterocycles. The normalized spacial score (nSPS) is 13.1. The topological polar surface area (TPSA) is 82.5 Å². The highest BCUT2D eigenvalue weighted by Crippen LogP contribution is 2.36. The number of nitrogens with zero attached hydrogens (tertiary/aromatic N) is 2. The van der Waals surface area contributed by atoms with Crippen molar-refractivity contribution < 1.29 is 14.3 Å². The zero-order valence-electron chi connectivity index (χ0n) is 17.6. The maximum Gasteiger partial charge on any atom is 0.274 e. The van der Waals surface area contributed by atoms with Crippen LogP contribution >= 0.6 is 0 Å². The Morgan fingerprint density at radius 1 is 1.13 bits per heavy atom. The second kappa shape index (κ2) is 7.48. The second-order valence-corrected chi connectivity index (χ2v) is 8.37. The number of carbonyl (C=O) groups excluding carboxylic acids is 1. The Labute approximate surface area is 174 Å². The molecule has 1 aromatic heterocycles. The largest absolute Gasteiger partial charge is 0.454 e. The first-order chi connectivity index (χ1) is 14.3. The lowest BCUT2D eigenvalue weighted by Crippen LogP contribution is -2.38. The van der Waals surface area contributed by atoms with Gasteiger partial charge in [0.05, 0.1) is 11.4 Å². The van der Waals surface area contributed by atoms with Crippen molar-refractivity contribution in [3.63, 3.8) is 0 Å². The molecule has 0 radical (unpaired) electrons. The van der Waals surface area contributed by atoms with Gasteiger partial charge >= 0.3 is 0 Å². The van der Waals surface area contributed by atoms with Crippen LogP contribution in [0.15, 0.2) is 47.3 Å². The molecule has 2 aromatic carbocycles. The van der Waals surface area contributed by atoms with Gasteiger partial charge in [-0.15, -0.1) is 0 Å². The zero-order chi connectivity index (χ0) is 21.5. The summed E-state index contributed by atoms with van der Waals surface area (Å²) >= 11 is 0. The van der Waals surface area contributed by atoms with E-state index in [1.807, 2.05) is 45.9 Å². The summed E-state index contributed by atoms with van der Waals surface area (Å²) in [5, 5.41) is 8.41. The molecular formula is C23H25N3O4. The number of ether oxygens (including phenoxy) is 2. The number of rotatable bonds is 5. The van der Waals surface area contributed by atoms with E-state index in [1.54, 1.807) is 24.3 Å². The lowest BCUT2D eigenvalue weighted by atomic mass is 9.84. The van der Waals surface area contributed by atoms with Crippen LogP contribution in [0.2, 0.25) is 0 Å². The summed E-state index contributed by atoms with van der Waals surface area (Å²) in [6.45, 7) is 8.44. The van der Waals surface area contributed by atoms with Crippen LogP contribution in [-0.4, -0.2) is 29.0 Å². The molecule has 30 heavy (non-hydrogen) atoms. The predicted octanol–water partition coefficient (Wildman–Crippen LogP) is 3.41. The molecule has 0 bridgehead atoms. The average Bonchev–Trinajstić information content (AvgIpc) is 3.20. The van der Waals surface area contributed by atoms with E-state index in [0.717, 1.165) is 11.3 Å². The van der Waals surface area contributed by atoms with Crippen LogP contribution in [-0.2, 0) is 5.41 Å². The van der Waals surface area contributed by atoms with Crippen molar-refractivity contribution in [2.24, 2.45) is 0 Å². The van der Waals surface area contributed by atoms with Gasteiger partial charge in [0.1, 0.15) is 0 Å². The van der Waals surface area contributed by atoms with Gasteiger partial charge in [-0.05, 0) is 37.6 Å². The van der Waals surface area contributed by atoms with Crippen molar-refractivity contribution in [1.29, 1.82) is 0 Å². The van der Waals surface area contributed by atoms with Gasteiger partial charge in [0, 0.05) is 17.3 Å². The number of hydrogen-bond acceptors (Lipinski definition) is 5. The highest BCUT2D eigenvalue weighted by atomic mass is 16.7. The molecule has 7 heteroatoms. The SMILES string of the molecule is CC(C)n1nc(C(=O)NCC(C)(C)c2ccc3c(c2)OCO3)c2ccccc2c1=O. The van der Waals surface area contributed by atoms with E-state index in [9.17, 15) is 9.59 Å². The smallest absolute Gasteiger partial charge is 0.274 e. The van der Waals surface area contributed by atoms with E-state index < -0.39 is 0 Å². The molecule has 1 aliphatic rings. The molecule has 3 aromatic rings. The summed E-state index contributed by atoms with van der Waals surface area (Å²) in [5.74, 6) is 1.13. The fourth-order valence-electron chi connectivity index (χ4n) is 3.53. The van der Waals surface area contributed by atoms with Crippen molar-refractivity contribution in [2.45, 2.75) is 39.2 Å². The Hall–Kier alpha value is -3.35. The number of fused-ring (bicyclic) bond motifs is 2. The van der Waals surface area contributed by atoms with Crippen LogP contribution in [0.3, 0.4) is 0 Å². The third-order valence-electron chi connectivity index (χ3n) is 5.38. The Balaban J connectivity index is 1.62. The molecule has 0 spiro atoms. The highest BCUT2D eigenvalue weighted by Gasteiger charge is 2.26. The first-order valence-electron chi connectivity index (χ1n) is 9.98. The van der Waals surface area contributed by atoms with E-state index in [-0.39, 0.29) is 35.4 Å².